The number of rotatable bonds is 20. The number of benzene rings is 3. The number of halogens is 4. The number of alkyl halides is 4. The minimum absolute atomic E-state index is 0.0125. The SMILES string of the molecule is CC(C)(C)c1ccc(C[C@H](NC(=O)[C@H](CCC(N)=O)NC(=O)[C@@H]2CC[C@@H]3CCN(CC(F)F)C[C@H](NC(=O)c4cc5cc(C(F)(F)P(=O)(O)O)ccc5s4)C(=O)N32)C(=O)N2CCC(CC3CCN(c4cccc5c4C(=O)N(C4CCC(=O)NC4=O)C5=O)CC3)CC2)cc1. The van der Waals surface area contributed by atoms with Crippen molar-refractivity contribution in [2.45, 2.75) is 158 Å². The van der Waals surface area contributed by atoms with Crippen LogP contribution in [0.3, 0.4) is 0 Å². The fourth-order valence-electron chi connectivity index (χ4n) is 13.8. The minimum Gasteiger partial charge on any atom is -0.371 e. The summed E-state index contributed by atoms with van der Waals surface area (Å²) in [5.74, 6) is -6.15. The molecule has 6 atom stereocenters. The van der Waals surface area contributed by atoms with Crippen molar-refractivity contribution in [3.63, 3.8) is 0 Å². The summed E-state index contributed by atoms with van der Waals surface area (Å²) in [6.07, 6.45) is 0.897. The predicted octanol–water partition coefficient (Wildman–Crippen LogP) is 5.28. The number of hydrogen-bond donors (Lipinski definition) is 7. The third-order valence-corrected chi connectivity index (χ3v) is 21.0. The molecule has 93 heavy (non-hydrogen) atoms. The summed E-state index contributed by atoms with van der Waals surface area (Å²) in [5, 5.41) is 10.5. The zero-order valence-corrected chi connectivity index (χ0v) is 53.5. The molecule has 29 heteroatoms. The van der Waals surface area contributed by atoms with Crippen LogP contribution in [0.2, 0.25) is 0 Å². The molecule has 1 unspecified atom stereocenters. The van der Waals surface area contributed by atoms with Gasteiger partial charge in [0.05, 0.1) is 28.2 Å². The molecular formula is C64H77F4N10O13PS. The van der Waals surface area contributed by atoms with Crippen LogP contribution in [-0.2, 0) is 55.6 Å². The lowest BCUT2D eigenvalue weighted by Crippen LogP contribution is -2.62. The molecule has 0 saturated carbocycles. The van der Waals surface area contributed by atoms with Gasteiger partial charge < -0.3 is 46.2 Å². The molecule has 6 aliphatic heterocycles. The zero-order chi connectivity index (χ0) is 67.0. The van der Waals surface area contributed by atoms with E-state index in [0.717, 1.165) is 64.8 Å². The molecule has 0 radical (unpaired) electrons. The summed E-state index contributed by atoms with van der Waals surface area (Å²) in [6, 6.07) is 9.55. The molecular weight excluding hydrogens is 1260 g/mol. The monoisotopic (exact) mass is 1330 g/mol. The van der Waals surface area contributed by atoms with Gasteiger partial charge in [-0.25, -0.2) is 8.78 Å². The number of nitrogens with zero attached hydrogens (tertiary/aromatic N) is 5. The van der Waals surface area contributed by atoms with Gasteiger partial charge in [0.25, 0.3) is 24.1 Å². The molecule has 3 aromatic carbocycles. The van der Waals surface area contributed by atoms with Crippen LogP contribution in [0.1, 0.15) is 145 Å². The number of imide groups is 2. The van der Waals surface area contributed by atoms with Crippen molar-refractivity contribution in [2.75, 3.05) is 50.7 Å². The summed E-state index contributed by atoms with van der Waals surface area (Å²) in [5.41, 5.74) is 2.71. The Kier molecular flexibility index (Phi) is 20.3. The number of likely N-dealkylation sites (tertiary alicyclic amines) is 1. The third kappa shape index (κ3) is 15.1. The van der Waals surface area contributed by atoms with Crippen LogP contribution in [0, 0.1) is 11.8 Å². The standard InChI is InChI=1S/C64H77F4N10O13PS/c1-63(2,3)39-9-7-35(8-10-39)30-44(60(86)76-27-21-37(22-28-76)29-36-19-25-75(26-20-36)46-6-4-5-42-54(46)62(88)78(59(42)85)48-15-18-53(80)73-57(48)83)71-55(81)43(13-17-52(69)79)70-56(82)47-14-12-41-23-24-74(34-51(65)66)33-45(61(87)77(41)47)72-58(84)50-32-38-31-40(11-16-49(38)93-50)64(67,68)92(89,90)91/h4-11,16,31-32,36-37,41,43-45,47-48,51H,12-15,17-30,33-34H2,1-3H3,(H2,69,79)(H,70,82)(H,71,81)(H,72,84)(H,73,80,83)(H2,89,90,91)/t41-,43+,44+,45+,47+,48?/m1/s1. The zero-order valence-electron chi connectivity index (χ0n) is 51.8. The van der Waals surface area contributed by atoms with Crippen molar-refractivity contribution in [2.24, 2.45) is 17.6 Å². The van der Waals surface area contributed by atoms with Crippen molar-refractivity contribution in [1.82, 2.24) is 40.9 Å². The molecule has 6 aliphatic rings. The molecule has 0 spiro atoms. The number of carbonyl (C=O) groups excluding carboxylic acids is 10. The largest absolute Gasteiger partial charge is 0.399 e. The summed E-state index contributed by atoms with van der Waals surface area (Å²) in [7, 11) is -5.94. The Morgan fingerprint density at radius 2 is 1.47 bits per heavy atom. The third-order valence-electron chi connectivity index (χ3n) is 18.9. The van der Waals surface area contributed by atoms with E-state index in [0.29, 0.717) is 50.6 Å². The summed E-state index contributed by atoms with van der Waals surface area (Å²) < 4.78 is 69.2. The summed E-state index contributed by atoms with van der Waals surface area (Å²) in [4.78, 5) is 163. The van der Waals surface area contributed by atoms with Crippen LogP contribution in [0.15, 0.2) is 66.7 Å². The lowest BCUT2D eigenvalue weighted by Gasteiger charge is -2.39. The number of primary amides is 1. The van der Waals surface area contributed by atoms with E-state index >= 15 is 0 Å². The highest BCUT2D eigenvalue weighted by molar-refractivity contribution is 7.52. The molecule has 7 heterocycles. The number of fused-ring (bicyclic) bond motifs is 3. The molecule has 0 aliphatic carbocycles. The first-order chi connectivity index (χ1) is 43.9. The van der Waals surface area contributed by atoms with Crippen molar-refractivity contribution in [3.05, 3.63) is 99.4 Å². The number of hydrogen-bond acceptors (Lipinski definition) is 14. The van der Waals surface area contributed by atoms with Crippen LogP contribution < -0.4 is 31.9 Å². The van der Waals surface area contributed by atoms with Crippen LogP contribution in [-0.4, -0.2) is 177 Å². The van der Waals surface area contributed by atoms with E-state index < -0.39 is 128 Å². The first kappa shape index (κ1) is 68.2. The Labute approximate surface area is 538 Å². The van der Waals surface area contributed by atoms with Crippen LogP contribution in [0.4, 0.5) is 23.2 Å². The normalized spacial score (nSPS) is 22.1. The van der Waals surface area contributed by atoms with E-state index in [1.165, 1.54) is 15.9 Å². The smallest absolute Gasteiger partial charge is 0.371 e. The highest BCUT2D eigenvalue weighted by Gasteiger charge is 2.51. The Morgan fingerprint density at radius 3 is 2.12 bits per heavy atom. The van der Waals surface area contributed by atoms with Gasteiger partial charge >= 0.3 is 13.3 Å². The number of piperidine rings is 3. The van der Waals surface area contributed by atoms with Gasteiger partial charge in [-0.2, -0.15) is 8.78 Å². The fraction of sp³-hybridized carbons (Fsp3) is 0.531. The van der Waals surface area contributed by atoms with Crippen LogP contribution in [0.5, 0.6) is 0 Å². The number of nitrogens with one attached hydrogen (secondary N) is 4. The van der Waals surface area contributed by atoms with Crippen molar-refractivity contribution in [3.8, 4) is 0 Å². The summed E-state index contributed by atoms with van der Waals surface area (Å²) >= 11 is 0.814. The second kappa shape index (κ2) is 27.7. The molecule has 10 rings (SSSR count). The molecule has 5 saturated heterocycles. The Morgan fingerprint density at radius 1 is 0.796 bits per heavy atom. The average Bonchev–Trinajstić information content (AvgIpc) is 1.63. The maximum atomic E-state index is 14.9. The van der Waals surface area contributed by atoms with E-state index in [9.17, 15) is 79.9 Å². The van der Waals surface area contributed by atoms with Gasteiger partial charge in [0.15, 0.2) is 0 Å². The molecule has 23 nitrogen and oxygen atoms in total. The van der Waals surface area contributed by atoms with Gasteiger partial charge in [0.2, 0.25) is 41.4 Å². The molecule has 10 amide bonds. The lowest BCUT2D eigenvalue weighted by molar-refractivity contribution is -0.144. The van der Waals surface area contributed by atoms with Gasteiger partial charge in [-0.1, -0.05) is 57.2 Å². The maximum Gasteiger partial charge on any atom is 0.399 e. The highest BCUT2D eigenvalue weighted by atomic mass is 32.1. The first-order valence-corrected chi connectivity index (χ1v) is 33.9. The van der Waals surface area contributed by atoms with E-state index in [2.05, 4.69) is 46.9 Å². The molecule has 5 fully saturated rings. The van der Waals surface area contributed by atoms with E-state index in [4.69, 9.17) is 5.73 Å². The number of nitrogens with two attached hydrogens (primary N) is 1. The highest BCUT2D eigenvalue weighted by Crippen LogP contribution is 2.59. The Bertz CT molecular complexity index is 3640. The predicted molar refractivity (Wildman–Crippen MR) is 333 cm³/mol. The minimum atomic E-state index is -5.94. The van der Waals surface area contributed by atoms with E-state index in [1.54, 1.807) is 23.1 Å². The lowest BCUT2D eigenvalue weighted by atomic mass is 9.82. The fourth-order valence-corrected chi connectivity index (χ4v) is 15.2. The Balaban J connectivity index is 0.802. The van der Waals surface area contributed by atoms with Gasteiger partial charge in [-0.05, 0) is 128 Å². The molecule has 500 valence electrons. The number of carbonyl (C=O) groups is 10. The van der Waals surface area contributed by atoms with Crippen molar-refractivity contribution in [1.29, 1.82) is 0 Å². The van der Waals surface area contributed by atoms with Gasteiger partial charge in [0, 0.05) is 74.8 Å². The number of anilines is 1. The molecule has 0 bridgehead atoms. The second-order valence-electron chi connectivity index (χ2n) is 26.3. The quantitative estimate of drug-likeness (QED) is 0.0336. The second-order valence-corrected chi connectivity index (χ2v) is 29.0. The van der Waals surface area contributed by atoms with E-state index in [1.807, 2.05) is 24.3 Å². The average molecular weight is 1330 g/mol. The first-order valence-electron chi connectivity index (χ1n) is 31.4. The number of amides is 10. The van der Waals surface area contributed by atoms with Crippen LogP contribution in [0.25, 0.3) is 10.1 Å². The Hall–Kier alpha value is -7.65. The van der Waals surface area contributed by atoms with Gasteiger partial charge in [0.1, 0.15) is 30.2 Å². The molecule has 4 aromatic rings. The van der Waals surface area contributed by atoms with E-state index in [-0.39, 0.29) is 101 Å². The topological polar surface area (TPSA) is 319 Å². The van der Waals surface area contributed by atoms with Gasteiger partial charge in [-0.3, -0.25) is 67.6 Å². The number of thiophene rings is 1. The van der Waals surface area contributed by atoms with Gasteiger partial charge in [-0.15, -0.1) is 11.3 Å². The van der Waals surface area contributed by atoms with Crippen molar-refractivity contribution >= 4 is 93.8 Å². The van der Waals surface area contributed by atoms with Crippen LogP contribution >= 0.6 is 18.9 Å². The summed E-state index contributed by atoms with van der Waals surface area (Å²) in [6.45, 7) is 7.03. The molecule has 1 aromatic heterocycles. The maximum absolute atomic E-state index is 14.9. The van der Waals surface area contributed by atoms with Crippen molar-refractivity contribution < 1.29 is 79.9 Å². The molecule has 8 N–H and O–H groups in total.